The summed E-state index contributed by atoms with van der Waals surface area (Å²) in [6.07, 6.45) is 0. The third-order valence-corrected chi connectivity index (χ3v) is 15.0. The van der Waals surface area contributed by atoms with E-state index in [1.807, 2.05) is 96.9 Å². The highest BCUT2D eigenvalue weighted by Gasteiger charge is 2.24. The lowest BCUT2D eigenvalue weighted by atomic mass is 10.1. The average Bonchev–Trinajstić information content (AvgIpc) is 3.03. The molecule has 6 heterocycles. The fourth-order valence-corrected chi connectivity index (χ4v) is 10.2. The van der Waals surface area contributed by atoms with E-state index in [2.05, 4.69) is 0 Å². The molecular formula is C66H86N12O8. The van der Waals surface area contributed by atoms with Gasteiger partial charge in [0, 0.05) is 123 Å². The molecule has 0 N–H and O–H groups in total. The van der Waals surface area contributed by atoms with Crippen molar-refractivity contribution < 1.29 is 38.2 Å². The van der Waals surface area contributed by atoms with Crippen LogP contribution in [-0.4, -0.2) is 173 Å². The standard InChI is InChI=1S/C66H86N12O8/c1-15-73(16-2)61(79)45-27-43(13)67-55(33-45)57-35-47(63(81)75(19-5)20-6)29-51(69-57)39-85-41-53-31-49(65(83)77(23-9)24-10)37-59(71-53)60-38-50(66(84)78(25-11)26-12)32-54(72-60)42-86-40-52-30-48(64(82)76(21-7)22-8)36-58(70-52)56-34-46(28-44(14)68-56)62(80)74(17-3)18-4/h27-38H,15-26,39-42H2,1-14H3. The highest BCUT2D eigenvalue weighted by Crippen LogP contribution is 2.27. The first-order valence-electron chi connectivity index (χ1n) is 30.3. The Morgan fingerprint density at radius 1 is 0.267 bits per heavy atom. The summed E-state index contributed by atoms with van der Waals surface area (Å²) in [6.45, 7) is 32.2. The normalized spacial score (nSPS) is 11.1. The lowest BCUT2D eigenvalue weighted by Crippen LogP contribution is -2.31. The van der Waals surface area contributed by atoms with Gasteiger partial charge in [-0.3, -0.25) is 38.7 Å². The van der Waals surface area contributed by atoms with E-state index in [4.69, 9.17) is 39.4 Å². The summed E-state index contributed by atoms with van der Waals surface area (Å²) in [7, 11) is 0. The fraction of sp³-hybridized carbons (Fsp3) is 0.455. The molecule has 20 heteroatoms. The summed E-state index contributed by atoms with van der Waals surface area (Å²) in [5.74, 6) is -1.14. The number of hydrogen-bond donors (Lipinski definition) is 0. The summed E-state index contributed by atoms with van der Waals surface area (Å²) in [6, 6.07) is 20.4. The van der Waals surface area contributed by atoms with E-state index in [9.17, 15) is 28.8 Å². The minimum absolute atomic E-state index is 0.0655. The van der Waals surface area contributed by atoms with Crippen molar-refractivity contribution in [3.05, 3.63) is 140 Å². The summed E-state index contributed by atoms with van der Waals surface area (Å²) >= 11 is 0. The molecule has 0 saturated heterocycles. The van der Waals surface area contributed by atoms with Crippen molar-refractivity contribution >= 4 is 35.4 Å². The van der Waals surface area contributed by atoms with Crippen molar-refractivity contribution in [3.8, 4) is 34.2 Å². The van der Waals surface area contributed by atoms with Gasteiger partial charge in [-0.25, -0.2) is 19.9 Å². The molecule has 6 amide bonds. The van der Waals surface area contributed by atoms with Crippen LogP contribution in [0.3, 0.4) is 0 Å². The van der Waals surface area contributed by atoms with Gasteiger partial charge in [0.15, 0.2) is 0 Å². The summed E-state index contributed by atoms with van der Waals surface area (Å²) in [5.41, 5.74) is 7.51. The van der Waals surface area contributed by atoms with Crippen LogP contribution in [0.4, 0.5) is 0 Å². The number of amides is 6. The Labute approximate surface area is 507 Å². The number of aryl methyl sites for hydroxylation is 2. The molecule has 20 nitrogen and oxygen atoms in total. The van der Waals surface area contributed by atoms with Gasteiger partial charge in [-0.2, -0.15) is 0 Å². The van der Waals surface area contributed by atoms with Crippen LogP contribution >= 0.6 is 0 Å². The number of ether oxygens (including phenoxy) is 2. The monoisotopic (exact) mass is 1170 g/mol. The van der Waals surface area contributed by atoms with Gasteiger partial charge in [0.1, 0.15) is 0 Å². The minimum Gasteiger partial charge on any atom is -0.369 e. The highest BCUT2D eigenvalue weighted by molar-refractivity contribution is 5.99. The zero-order valence-corrected chi connectivity index (χ0v) is 52.9. The second-order valence-electron chi connectivity index (χ2n) is 20.5. The molecule has 0 atom stereocenters. The number of carbonyl (C=O) groups is 6. The maximum absolute atomic E-state index is 14.3. The van der Waals surface area contributed by atoms with Gasteiger partial charge in [-0.05, 0) is 170 Å². The molecule has 0 bridgehead atoms. The molecule has 0 aliphatic carbocycles. The van der Waals surface area contributed by atoms with Crippen LogP contribution in [0.2, 0.25) is 0 Å². The first kappa shape index (κ1) is 66.8. The zero-order chi connectivity index (χ0) is 62.8. The predicted molar refractivity (Wildman–Crippen MR) is 332 cm³/mol. The number of rotatable bonds is 29. The zero-order valence-electron chi connectivity index (χ0n) is 52.9. The Kier molecular flexibility index (Phi) is 24.6. The topological polar surface area (TPSA) is 218 Å². The summed E-state index contributed by atoms with van der Waals surface area (Å²) < 4.78 is 12.8. The third-order valence-electron chi connectivity index (χ3n) is 15.0. The van der Waals surface area contributed by atoms with E-state index in [-0.39, 0.29) is 61.9 Å². The second kappa shape index (κ2) is 31.7. The predicted octanol–water partition coefficient (Wildman–Crippen LogP) is 10.0. The van der Waals surface area contributed by atoms with E-state index in [0.29, 0.717) is 180 Å². The molecule has 0 spiro atoms. The molecule has 6 rings (SSSR count). The fourth-order valence-electron chi connectivity index (χ4n) is 10.2. The molecule has 458 valence electrons. The van der Waals surface area contributed by atoms with Crippen molar-refractivity contribution in [2.75, 3.05) is 78.5 Å². The van der Waals surface area contributed by atoms with Crippen molar-refractivity contribution in [2.24, 2.45) is 0 Å². The van der Waals surface area contributed by atoms with Gasteiger partial charge < -0.3 is 38.9 Å². The molecular weight excluding hydrogens is 1090 g/mol. The third kappa shape index (κ3) is 16.5. The molecule has 0 aliphatic rings. The maximum Gasteiger partial charge on any atom is 0.253 e. The number of hydrogen-bond acceptors (Lipinski definition) is 14. The maximum atomic E-state index is 14.3. The molecule has 0 aromatic carbocycles. The molecule has 86 heavy (non-hydrogen) atoms. The number of nitrogens with zero attached hydrogens (tertiary/aromatic N) is 12. The quantitative estimate of drug-likeness (QED) is 0.0427. The van der Waals surface area contributed by atoms with Crippen LogP contribution in [0.25, 0.3) is 34.2 Å². The largest absolute Gasteiger partial charge is 0.369 e. The second-order valence-corrected chi connectivity index (χ2v) is 20.5. The first-order valence-corrected chi connectivity index (χ1v) is 30.3. The van der Waals surface area contributed by atoms with Crippen LogP contribution in [0, 0.1) is 13.8 Å². The summed E-state index contributed by atoms with van der Waals surface area (Å²) in [4.78, 5) is 123. The molecule has 0 saturated carbocycles. The molecule has 0 fully saturated rings. The molecule has 6 aromatic heterocycles. The lowest BCUT2D eigenvalue weighted by molar-refractivity contribution is 0.0762. The van der Waals surface area contributed by atoms with Gasteiger partial charge in [0.05, 0.1) is 83.4 Å². The molecule has 6 aromatic rings. The minimum atomic E-state index is -0.238. The van der Waals surface area contributed by atoms with E-state index in [0.717, 1.165) is 0 Å². The summed E-state index contributed by atoms with van der Waals surface area (Å²) in [5, 5.41) is 0. The van der Waals surface area contributed by atoms with Gasteiger partial charge in [0.2, 0.25) is 0 Å². The van der Waals surface area contributed by atoms with E-state index >= 15 is 0 Å². The molecule has 0 radical (unpaired) electrons. The van der Waals surface area contributed by atoms with Crippen molar-refractivity contribution in [2.45, 2.75) is 123 Å². The molecule has 0 aliphatic heterocycles. The van der Waals surface area contributed by atoms with Crippen LogP contribution in [0.5, 0.6) is 0 Å². The van der Waals surface area contributed by atoms with Crippen LogP contribution in [0.1, 0.15) is 179 Å². The van der Waals surface area contributed by atoms with E-state index in [1.165, 1.54) is 0 Å². The Hall–Kier alpha value is -8.36. The highest BCUT2D eigenvalue weighted by atomic mass is 16.5. The number of pyridine rings is 6. The Morgan fingerprint density at radius 3 is 0.605 bits per heavy atom. The Morgan fingerprint density at radius 2 is 0.430 bits per heavy atom. The first-order chi connectivity index (χ1) is 41.3. The van der Waals surface area contributed by atoms with E-state index < -0.39 is 0 Å². The van der Waals surface area contributed by atoms with Crippen LogP contribution < -0.4 is 0 Å². The molecule has 0 unspecified atom stereocenters. The van der Waals surface area contributed by atoms with Gasteiger partial charge in [0.25, 0.3) is 35.4 Å². The van der Waals surface area contributed by atoms with Crippen molar-refractivity contribution in [1.29, 1.82) is 0 Å². The SMILES string of the molecule is CCN(CC)C(=O)c1cc(C)nc(-c2cc(C(=O)N(CC)CC)cc(COCc3cc(C(=O)N(CC)CC)cc(-c4cc(C(=O)N(CC)CC)cc(COCc5cc(C(=O)N(CC)CC)cc(-c6cc(C(=O)N(CC)CC)cc(C)n6)n5)n4)n3)n2)c1. The van der Waals surface area contributed by atoms with E-state index in [1.54, 1.807) is 102 Å². The smallest absolute Gasteiger partial charge is 0.253 e. The number of carbonyl (C=O) groups excluding carboxylic acids is 6. The number of aromatic nitrogens is 6. The van der Waals surface area contributed by atoms with Gasteiger partial charge >= 0.3 is 0 Å². The Balaban J connectivity index is 1.39. The lowest BCUT2D eigenvalue weighted by Gasteiger charge is -2.21. The van der Waals surface area contributed by atoms with Crippen LogP contribution in [-0.2, 0) is 35.9 Å². The van der Waals surface area contributed by atoms with Crippen molar-refractivity contribution in [3.63, 3.8) is 0 Å². The van der Waals surface area contributed by atoms with Crippen molar-refractivity contribution in [1.82, 2.24) is 59.3 Å². The van der Waals surface area contributed by atoms with Gasteiger partial charge in [-0.1, -0.05) is 0 Å². The Bertz CT molecular complexity index is 3140. The average molecular weight is 1180 g/mol. The van der Waals surface area contributed by atoms with Gasteiger partial charge in [-0.15, -0.1) is 0 Å². The van der Waals surface area contributed by atoms with Crippen LogP contribution in [0.15, 0.2) is 72.8 Å².